The van der Waals surface area contributed by atoms with Gasteiger partial charge in [-0.25, -0.2) is 0 Å². The molecule has 4 rings (SSSR count). The van der Waals surface area contributed by atoms with Crippen LogP contribution in [0.4, 0.5) is 5.82 Å². The third-order valence-electron chi connectivity index (χ3n) is 5.21. The normalized spacial score (nSPS) is 13.5. The van der Waals surface area contributed by atoms with Gasteiger partial charge in [0.15, 0.2) is 0 Å². The fourth-order valence-electron chi connectivity index (χ4n) is 3.62. The number of pyridine rings is 1. The zero-order chi connectivity index (χ0) is 22.2. The van der Waals surface area contributed by atoms with Gasteiger partial charge in [-0.3, -0.25) is 0 Å². The fourth-order valence-corrected chi connectivity index (χ4v) is 11.0. The Morgan fingerprint density at radius 1 is 1.23 bits per heavy atom. The van der Waals surface area contributed by atoms with Crippen molar-refractivity contribution < 1.29 is 9.47 Å². The Bertz CT molecular complexity index is 1090. The van der Waals surface area contributed by atoms with Gasteiger partial charge in [0.1, 0.15) is 0 Å². The molecule has 0 atom stereocenters. The number of aromatic nitrogens is 3. The van der Waals surface area contributed by atoms with E-state index >= 15 is 0 Å². The van der Waals surface area contributed by atoms with E-state index in [-0.39, 0.29) is 6.79 Å². The molecule has 0 spiro atoms. The van der Waals surface area contributed by atoms with Crippen LogP contribution in [0.1, 0.15) is 13.8 Å². The molecular weight excluding hydrogens is 517 g/mol. The summed E-state index contributed by atoms with van der Waals surface area (Å²) in [7, 11) is 0. The molecule has 2 aromatic heterocycles. The first-order valence-corrected chi connectivity index (χ1v) is 21.5. The standard InChI is InChI=1S/C19H22N5O2S.3CH3.Sn/c1-12(2)10-21-7-8-24-14-5-6-22-18(20)17(14)23-19(24)27-13-3-4-15-16(9-13)26-11-25-15;;;;/h4-6,9,12,21H,7-8,10-11H2,1-2H3,(H2,20,22);3*1H3;. The summed E-state index contributed by atoms with van der Waals surface area (Å²) in [5.74, 6) is 2.74. The molecule has 166 valence electrons. The van der Waals surface area contributed by atoms with Crippen molar-refractivity contribution in [3.8, 4) is 11.5 Å². The molecule has 0 saturated heterocycles. The SMILES string of the molecule is CC(C)CNCCn1c(Sc2cc3c(c[c]2[Sn]([CH3])([CH3])[CH3])OCO3)nc2c(N)nccc21. The number of nitrogen functional groups attached to an aromatic ring is 1. The van der Waals surface area contributed by atoms with Crippen LogP contribution in [0.2, 0.25) is 14.8 Å². The molecule has 0 fully saturated rings. The van der Waals surface area contributed by atoms with E-state index in [9.17, 15) is 0 Å². The molecule has 0 aliphatic carbocycles. The average molecular weight is 548 g/mol. The molecule has 9 heteroatoms. The Balaban J connectivity index is 1.73. The van der Waals surface area contributed by atoms with Crippen LogP contribution >= 0.6 is 11.8 Å². The van der Waals surface area contributed by atoms with Gasteiger partial charge in [-0.05, 0) is 0 Å². The average Bonchev–Trinajstić information content (AvgIpc) is 3.29. The molecule has 3 N–H and O–H groups in total. The van der Waals surface area contributed by atoms with E-state index in [1.54, 1.807) is 18.0 Å². The van der Waals surface area contributed by atoms with Gasteiger partial charge in [0.25, 0.3) is 0 Å². The van der Waals surface area contributed by atoms with Gasteiger partial charge in [-0.15, -0.1) is 0 Å². The monoisotopic (exact) mass is 549 g/mol. The minimum atomic E-state index is -2.43. The molecule has 0 bridgehead atoms. The molecule has 7 nitrogen and oxygen atoms in total. The van der Waals surface area contributed by atoms with Crippen LogP contribution in [0.3, 0.4) is 0 Å². The Hall–Kier alpha value is -1.65. The van der Waals surface area contributed by atoms with Crippen molar-refractivity contribution >= 4 is 50.6 Å². The number of ether oxygens (including phenoxy) is 2. The van der Waals surface area contributed by atoms with Crippen molar-refractivity contribution in [3.05, 3.63) is 24.4 Å². The van der Waals surface area contributed by atoms with E-state index < -0.39 is 18.4 Å². The van der Waals surface area contributed by atoms with E-state index in [2.05, 4.69) is 55.7 Å². The van der Waals surface area contributed by atoms with Crippen molar-refractivity contribution in [1.82, 2.24) is 19.9 Å². The number of hydrogen-bond acceptors (Lipinski definition) is 7. The number of benzene rings is 1. The fraction of sp³-hybridized carbons (Fsp3) is 0.455. The summed E-state index contributed by atoms with van der Waals surface area (Å²) in [5.41, 5.74) is 7.94. The van der Waals surface area contributed by atoms with Gasteiger partial charge in [0, 0.05) is 0 Å². The Labute approximate surface area is 192 Å². The van der Waals surface area contributed by atoms with Gasteiger partial charge in [0.2, 0.25) is 0 Å². The third-order valence-corrected chi connectivity index (χ3v) is 12.6. The van der Waals surface area contributed by atoms with Crippen LogP contribution in [-0.4, -0.2) is 52.8 Å². The molecule has 1 aromatic carbocycles. The maximum absolute atomic E-state index is 6.16. The topological polar surface area (TPSA) is 87.2 Å². The van der Waals surface area contributed by atoms with Crippen molar-refractivity contribution in [3.63, 3.8) is 0 Å². The first-order valence-electron chi connectivity index (χ1n) is 10.7. The van der Waals surface area contributed by atoms with Crippen LogP contribution in [-0.2, 0) is 6.54 Å². The molecule has 31 heavy (non-hydrogen) atoms. The van der Waals surface area contributed by atoms with E-state index in [1.807, 2.05) is 6.07 Å². The second kappa shape index (κ2) is 9.07. The maximum atomic E-state index is 6.16. The second-order valence-electron chi connectivity index (χ2n) is 9.26. The van der Waals surface area contributed by atoms with Gasteiger partial charge >= 0.3 is 193 Å². The molecule has 3 heterocycles. The van der Waals surface area contributed by atoms with Crippen LogP contribution in [0.15, 0.2) is 34.4 Å². The molecular formula is C22H31N5O2SSn. The van der Waals surface area contributed by atoms with Gasteiger partial charge in [0.05, 0.1) is 0 Å². The summed E-state index contributed by atoms with van der Waals surface area (Å²) < 4.78 is 15.0. The Morgan fingerprint density at radius 2 is 1.97 bits per heavy atom. The zero-order valence-corrected chi connectivity index (χ0v) is 22.5. The summed E-state index contributed by atoms with van der Waals surface area (Å²) in [4.78, 5) is 17.6. The van der Waals surface area contributed by atoms with E-state index in [0.29, 0.717) is 11.7 Å². The van der Waals surface area contributed by atoms with Crippen LogP contribution < -0.4 is 24.1 Å². The number of fused-ring (bicyclic) bond motifs is 2. The summed E-state index contributed by atoms with van der Waals surface area (Å²) in [6, 6.07) is 6.30. The first-order chi connectivity index (χ1) is 14.7. The van der Waals surface area contributed by atoms with Gasteiger partial charge in [-0.1, -0.05) is 0 Å². The van der Waals surface area contributed by atoms with Crippen LogP contribution in [0.25, 0.3) is 11.0 Å². The predicted octanol–water partition coefficient (Wildman–Crippen LogP) is 3.68. The molecule has 1 aliphatic rings. The molecule has 3 aromatic rings. The summed E-state index contributed by atoms with van der Waals surface area (Å²) in [6.45, 7) is 7.38. The number of nitrogens with zero attached hydrogens (tertiary/aromatic N) is 3. The first kappa shape index (κ1) is 22.5. The molecule has 0 saturated carbocycles. The molecule has 0 amide bonds. The summed E-state index contributed by atoms with van der Waals surface area (Å²) in [5, 5.41) is 4.46. The second-order valence-corrected chi connectivity index (χ2v) is 24.7. The van der Waals surface area contributed by atoms with E-state index in [0.717, 1.165) is 47.3 Å². The number of hydrogen-bond donors (Lipinski definition) is 2. The molecule has 0 radical (unpaired) electrons. The van der Waals surface area contributed by atoms with Crippen LogP contribution in [0, 0.1) is 5.92 Å². The van der Waals surface area contributed by atoms with E-state index in [4.69, 9.17) is 20.2 Å². The van der Waals surface area contributed by atoms with Crippen LogP contribution in [0.5, 0.6) is 11.5 Å². The predicted molar refractivity (Wildman–Crippen MR) is 129 cm³/mol. The number of nitrogens with one attached hydrogen (secondary N) is 1. The van der Waals surface area contributed by atoms with Gasteiger partial charge in [-0.2, -0.15) is 0 Å². The van der Waals surface area contributed by atoms with Crippen molar-refractivity contribution in [2.45, 2.75) is 45.3 Å². The number of anilines is 1. The molecule has 1 aliphatic heterocycles. The number of imidazole rings is 1. The van der Waals surface area contributed by atoms with Crippen molar-refractivity contribution in [2.75, 3.05) is 25.6 Å². The van der Waals surface area contributed by atoms with Crippen molar-refractivity contribution in [1.29, 1.82) is 0 Å². The quantitative estimate of drug-likeness (QED) is 0.328. The summed E-state index contributed by atoms with van der Waals surface area (Å²) in [6.07, 6.45) is 1.75. The minimum absolute atomic E-state index is 0.283. The van der Waals surface area contributed by atoms with E-state index in [1.165, 1.54) is 8.47 Å². The Kier molecular flexibility index (Phi) is 6.60. The molecule has 0 unspecified atom stereocenters. The number of rotatable bonds is 8. The third kappa shape index (κ3) is 4.90. The Morgan fingerprint density at radius 3 is 2.68 bits per heavy atom. The van der Waals surface area contributed by atoms with Crippen molar-refractivity contribution in [2.24, 2.45) is 5.92 Å². The zero-order valence-electron chi connectivity index (χ0n) is 18.9. The summed E-state index contributed by atoms with van der Waals surface area (Å²) >= 11 is -0.743. The number of nitrogens with two attached hydrogens (primary N) is 1. The van der Waals surface area contributed by atoms with Gasteiger partial charge < -0.3 is 0 Å².